The van der Waals surface area contributed by atoms with E-state index in [4.69, 9.17) is 14.2 Å². The van der Waals surface area contributed by atoms with E-state index in [-0.39, 0.29) is 5.30 Å². The second-order valence-electron chi connectivity index (χ2n) is 10.5. The van der Waals surface area contributed by atoms with Crippen molar-refractivity contribution in [3.05, 3.63) is 77.0 Å². The van der Waals surface area contributed by atoms with Crippen LogP contribution in [0.15, 0.2) is 60.3 Å². The average Bonchev–Trinajstić information content (AvgIpc) is 3.51. The molecule has 46 heavy (non-hydrogen) atoms. The van der Waals surface area contributed by atoms with Crippen molar-refractivity contribution < 1.29 is 70.7 Å². The number of phosphoric acid groups is 2. The van der Waals surface area contributed by atoms with Gasteiger partial charge in [0.25, 0.3) is 0 Å². The SMILES string of the molecule is COc1cccc(C2=CC3=CN(C4OC(COP(=O)(O)OP(=O)(O)OP(=O)(O)c5ccc(C)c(C)c5)C(O)C4O)C(=O)NC3O2)c1. The number of benzene rings is 2. The predicted octanol–water partition coefficient (Wildman–Crippen LogP) is 2.13. The molecule has 17 nitrogen and oxygen atoms in total. The number of aliphatic hydroxyl groups is 2. The number of phosphoric ester groups is 1. The highest BCUT2D eigenvalue weighted by atomic mass is 31.3. The lowest BCUT2D eigenvalue weighted by Gasteiger charge is -2.33. The lowest BCUT2D eigenvalue weighted by Crippen LogP contribution is -2.54. The van der Waals surface area contributed by atoms with Crippen LogP contribution in [-0.4, -0.2) is 80.3 Å². The van der Waals surface area contributed by atoms with Gasteiger partial charge in [-0.2, -0.15) is 4.31 Å². The van der Waals surface area contributed by atoms with Gasteiger partial charge in [-0.1, -0.05) is 18.2 Å². The van der Waals surface area contributed by atoms with Gasteiger partial charge >= 0.3 is 29.3 Å². The van der Waals surface area contributed by atoms with Gasteiger partial charge in [-0.05, 0) is 55.3 Å². The van der Waals surface area contributed by atoms with Gasteiger partial charge in [0.15, 0.2) is 6.23 Å². The molecule has 3 aliphatic heterocycles. The normalized spacial score (nSPS) is 28.1. The summed E-state index contributed by atoms with van der Waals surface area (Å²) in [5.41, 5.74) is 2.46. The number of nitrogens with one attached hydrogen (secondary N) is 1. The van der Waals surface area contributed by atoms with E-state index in [2.05, 4.69) is 18.5 Å². The molecule has 2 aromatic rings. The Kier molecular flexibility index (Phi) is 9.71. The molecule has 8 atom stereocenters. The van der Waals surface area contributed by atoms with Gasteiger partial charge in [0.05, 0.1) is 19.0 Å². The van der Waals surface area contributed by atoms with E-state index >= 15 is 0 Å². The van der Waals surface area contributed by atoms with Crippen LogP contribution in [0, 0.1) is 13.8 Å². The number of urea groups is 1. The number of methoxy groups -OCH3 is 1. The molecule has 3 aliphatic rings. The maximum absolute atomic E-state index is 12.9. The summed E-state index contributed by atoms with van der Waals surface area (Å²) >= 11 is 0. The molecule has 250 valence electrons. The Morgan fingerprint density at radius 2 is 1.70 bits per heavy atom. The first-order chi connectivity index (χ1) is 21.5. The molecule has 0 aromatic heterocycles. The van der Waals surface area contributed by atoms with Gasteiger partial charge in [-0.3, -0.25) is 19.3 Å². The summed E-state index contributed by atoms with van der Waals surface area (Å²) in [5, 5.41) is 23.4. The molecule has 0 aliphatic carbocycles. The fraction of sp³-hybridized carbons (Fsp3) is 0.346. The molecule has 2 aromatic carbocycles. The summed E-state index contributed by atoms with van der Waals surface area (Å²) in [7, 11) is -14.7. The van der Waals surface area contributed by atoms with Crippen molar-refractivity contribution in [3.8, 4) is 5.75 Å². The molecular formula is C26H31N2O15P3. The minimum atomic E-state index is -5.70. The van der Waals surface area contributed by atoms with Crippen molar-refractivity contribution in [1.82, 2.24) is 10.2 Å². The number of hydrogen-bond acceptors (Lipinski definition) is 12. The third-order valence-corrected chi connectivity index (χ3v) is 12.0. The second kappa shape index (κ2) is 13.0. The topological polar surface area (TPSA) is 240 Å². The van der Waals surface area contributed by atoms with Crippen LogP contribution < -0.4 is 15.4 Å². The first-order valence-corrected chi connectivity index (χ1v) is 18.0. The fourth-order valence-electron chi connectivity index (χ4n) is 4.72. The molecule has 6 N–H and O–H groups in total. The summed E-state index contributed by atoms with van der Waals surface area (Å²) in [6.45, 7) is 2.35. The quantitative estimate of drug-likeness (QED) is 0.184. The second-order valence-corrected chi connectivity index (χ2v) is 15.5. The third kappa shape index (κ3) is 7.47. The number of amides is 2. The number of aliphatic hydroxyl groups excluding tert-OH is 2. The van der Waals surface area contributed by atoms with Crippen LogP contribution >= 0.6 is 23.2 Å². The minimum Gasteiger partial charge on any atom is -0.497 e. The van der Waals surface area contributed by atoms with Crippen molar-refractivity contribution in [3.63, 3.8) is 0 Å². The smallest absolute Gasteiger partial charge is 0.488 e. The number of nitrogens with zero attached hydrogens (tertiary/aromatic N) is 1. The van der Waals surface area contributed by atoms with Crippen LogP contribution in [0.25, 0.3) is 5.76 Å². The average molecular weight is 704 g/mol. The Morgan fingerprint density at radius 3 is 2.39 bits per heavy atom. The fourth-order valence-corrected chi connectivity index (χ4v) is 8.79. The molecular weight excluding hydrogens is 673 g/mol. The Balaban J connectivity index is 1.22. The summed E-state index contributed by atoms with van der Waals surface area (Å²) in [5.74, 6) is 1.01. The Labute approximate surface area is 262 Å². The molecule has 0 bridgehead atoms. The van der Waals surface area contributed by atoms with Crippen LogP contribution in [0.3, 0.4) is 0 Å². The Hall–Kier alpha value is -2.88. The van der Waals surface area contributed by atoms with Crippen molar-refractivity contribution in [1.29, 1.82) is 0 Å². The minimum absolute atomic E-state index is 0.371. The van der Waals surface area contributed by atoms with Crippen LogP contribution in [0.2, 0.25) is 0 Å². The first kappa shape index (κ1) is 34.5. The zero-order valence-corrected chi connectivity index (χ0v) is 27.1. The molecule has 0 spiro atoms. The standard InChI is InChI=1S/C26H31N2O15P3/c1-14-7-8-19(9-15(14)2)44(32,33)42-46(36,37)43-45(34,35)39-13-21-22(29)23(30)25(41-21)28-12-17-11-20(40-24(17)27-26(28)31)16-5-4-6-18(10-16)38-3/h4-12,21-25,29-30H,13H2,1-3H3,(H,27,31)(H,32,33)(H,34,35)(H,36,37). The van der Waals surface area contributed by atoms with E-state index in [9.17, 15) is 43.4 Å². The van der Waals surface area contributed by atoms with Gasteiger partial charge in [0, 0.05) is 17.3 Å². The monoisotopic (exact) mass is 704 g/mol. The van der Waals surface area contributed by atoms with Crippen LogP contribution in [0.4, 0.5) is 4.79 Å². The van der Waals surface area contributed by atoms with Crippen molar-refractivity contribution in [2.45, 2.75) is 44.6 Å². The van der Waals surface area contributed by atoms with E-state index in [1.165, 1.54) is 31.5 Å². The summed E-state index contributed by atoms with van der Waals surface area (Å²) in [4.78, 5) is 44.0. The lowest BCUT2D eigenvalue weighted by atomic mass is 10.1. The van der Waals surface area contributed by atoms with E-state index in [1.807, 2.05) is 0 Å². The third-order valence-electron chi connectivity index (χ3n) is 7.23. The highest BCUT2D eigenvalue weighted by Crippen LogP contribution is 2.67. The zero-order chi connectivity index (χ0) is 33.6. The summed E-state index contributed by atoms with van der Waals surface area (Å²) in [6, 6.07) is 10.1. The molecule has 1 fully saturated rings. The largest absolute Gasteiger partial charge is 0.497 e. The number of fused-ring (bicyclic) bond motifs is 1. The first-order valence-electron chi connectivity index (χ1n) is 13.5. The molecule has 0 radical (unpaired) electrons. The molecule has 0 saturated carbocycles. The summed E-state index contributed by atoms with van der Waals surface area (Å²) in [6.07, 6.45) is -4.43. The molecule has 20 heteroatoms. The van der Waals surface area contributed by atoms with Crippen molar-refractivity contribution in [2.24, 2.45) is 0 Å². The molecule has 5 rings (SSSR count). The number of aryl methyl sites for hydroxylation is 2. The van der Waals surface area contributed by atoms with Crippen LogP contribution in [-0.2, 0) is 36.3 Å². The number of hydrogen-bond donors (Lipinski definition) is 6. The zero-order valence-electron chi connectivity index (χ0n) is 24.4. The van der Waals surface area contributed by atoms with E-state index in [1.54, 1.807) is 44.2 Å². The Bertz CT molecular complexity index is 1730. The highest BCUT2D eigenvalue weighted by Gasteiger charge is 2.50. The van der Waals surface area contributed by atoms with Gasteiger partial charge < -0.3 is 39.1 Å². The molecule has 2 amide bonds. The maximum Gasteiger partial charge on any atom is 0.488 e. The van der Waals surface area contributed by atoms with Gasteiger partial charge in [0.1, 0.15) is 29.8 Å². The predicted molar refractivity (Wildman–Crippen MR) is 158 cm³/mol. The van der Waals surface area contributed by atoms with Crippen LogP contribution in [0.5, 0.6) is 5.75 Å². The van der Waals surface area contributed by atoms with Crippen LogP contribution in [0.1, 0.15) is 16.7 Å². The van der Waals surface area contributed by atoms with Gasteiger partial charge in [0.2, 0.25) is 6.23 Å². The van der Waals surface area contributed by atoms with Crippen molar-refractivity contribution in [2.75, 3.05) is 13.7 Å². The summed E-state index contributed by atoms with van der Waals surface area (Å²) < 4.78 is 67.2. The number of ether oxygens (including phenoxy) is 3. The van der Waals surface area contributed by atoms with Gasteiger partial charge in [-0.25, -0.2) is 18.2 Å². The highest BCUT2D eigenvalue weighted by molar-refractivity contribution is 7.71. The lowest BCUT2D eigenvalue weighted by molar-refractivity contribution is -0.0671. The van der Waals surface area contributed by atoms with E-state index in [0.29, 0.717) is 28.2 Å². The van der Waals surface area contributed by atoms with Crippen molar-refractivity contribution >= 4 is 40.3 Å². The molecule has 8 unspecified atom stereocenters. The van der Waals surface area contributed by atoms with E-state index in [0.717, 1.165) is 10.5 Å². The van der Waals surface area contributed by atoms with E-state index < -0.39 is 66.6 Å². The van der Waals surface area contributed by atoms with Gasteiger partial charge in [-0.15, -0.1) is 0 Å². The maximum atomic E-state index is 12.9. The number of carbonyl (C=O) groups is 1. The molecule has 1 saturated heterocycles. The Morgan fingerprint density at radius 1 is 0.957 bits per heavy atom. The number of rotatable bonds is 11. The molecule has 3 heterocycles. The number of carbonyl (C=O) groups excluding carboxylic acids is 1.